The fourth-order valence-corrected chi connectivity index (χ4v) is 6.73. The van der Waals surface area contributed by atoms with Crippen molar-refractivity contribution in [3.8, 4) is 0 Å². The van der Waals surface area contributed by atoms with Gasteiger partial charge in [-0.2, -0.15) is 0 Å². The van der Waals surface area contributed by atoms with Gasteiger partial charge in [-0.3, -0.25) is 0 Å². The number of ether oxygens (including phenoxy) is 6. The quantitative estimate of drug-likeness (QED) is 0.117. The van der Waals surface area contributed by atoms with Crippen LogP contribution in [0.5, 0.6) is 0 Å². The van der Waals surface area contributed by atoms with Gasteiger partial charge in [0.05, 0.1) is 45.3 Å². The molecule has 2 saturated heterocycles. The van der Waals surface area contributed by atoms with Crippen LogP contribution in [-0.4, -0.2) is 54.9 Å². The topological polar surface area (TPSA) is 88.8 Å². The van der Waals surface area contributed by atoms with Gasteiger partial charge in [0.2, 0.25) is 5.79 Å². The molecule has 0 saturated carbocycles. The average molecular weight is 690 g/mol. The van der Waals surface area contributed by atoms with E-state index in [0.29, 0.717) is 19.0 Å². The van der Waals surface area contributed by atoms with Crippen LogP contribution in [0.4, 0.5) is 4.79 Å². The van der Waals surface area contributed by atoms with Gasteiger partial charge in [0.15, 0.2) is 6.10 Å². The predicted molar refractivity (Wildman–Crippen MR) is 189 cm³/mol. The highest BCUT2D eigenvalue weighted by molar-refractivity contribution is 5.69. The van der Waals surface area contributed by atoms with Gasteiger partial charge < -0.3 is 37.7 Å². The largest absolute Gasteiger partial charge is 0.467 e. The molecule has 5 aromatic rings. The van der Waals surface area contributed by atoms with E-state index in [9.17, 15) is 4.79 Å². The number of hydrogen-bond acceptors (Lipinski definition) is 8. The molecule has 3 heterocycles. The molecule has 0 unspecified atom stereocenters. The van der Waals surface area contributed by atoms with Gasteiger partial charge in [-0.1, -0.05) is 121 Å². The Bertz CT molecular complexity index is 1770. The molecule has 1 amide bonds. The summed E-state index contributed by atoms with van der Waals surface area (Å²) in [4.78, 5) is 15.3. The molecular weight excluding hydrogens is 646 g/mol. The van der Waals surface area contributed by atoms with E-state index in [1.165, 1.54) is 4.90 Å². The Kier molecular flexibility index (Phi) is 11.2. The lowest BCUT2D eigenvalue weighted by atomic mass is 9.86. The molecule has 2 fully saturated rings. The van der Waals surface area contributed by atoms with Crippen LogP contribution in [-0.2, 0) is 54.8 Å². The Labute approximate surface area is 298 Å². The van der Waals surface area contributed by atoms with Crippen LogP contribution in [0, 0.1) is 0 Å². The summed E-state index contributed by atoms with van der Waals surface area (Å²) in [6, 6.07) is 42.9. The summed E-state index contributed by atoms with van der Waals surface area (Å²) < 4.78 is 46.0. The molecule has 2 aliphatic rings. The third kappa shape index (κ3) is 8.41. The van der Waals surface area contributed by atoms with Crippen molar-refractivity contribution in [1.29, 1.82) is 0 Å². The maximum absolute atomic E-state index is 13.8. The first-order valence-corrected chi connectivity index (χ1v) is 17.3. The summed E-state index contributed by atoms with van der Waals surface area (Å²) in [6.07, 6.45) is -1.77. The van der Waals surface area contributed by atoms with Crippen molar-refractivity contribution in [3.05, 3.63) is 168 Å². The lowest BCUT2D eigenvalue weighted by Crippen LogP contribution is -2.70. The highest BCUT2D eigenvalue weighted by Gasteiger charge is 2.63. The third-order valence-electron chi connectivity index (χ3n) is 9.37. The van der Waals surface area contributed by atoms with E-state index in [0.717, 1.165) is 22.3 Å². The minimum Gasteiger partial charge on any atom is -0.467 e. The summed E-state index contributed by atoms with van der Waals surface area (Å²) in [5.41, 5.74) is 3.95. The van der Waals surface area contributed by atoms with Crippen LogP contribution >= 0.6 is 0 Å². The number of hydrogen-bond donors (Lipinski definition) is 0. The molecule has 1 spiro atoms. The lowest BCUT2D eigenvalue weighted by Gasteiger charge is -2.54. The molecule has 0 aliphatic carbocycles. The molecule has 0 N–H and O–H groups in total. The van der Waals surface area contributed by atoms with Crippen LogP contribution < -0.4 is 0 Å². The molecule has 1 aromatic heterocycles. The molecule has 4 aromatic carbocycles. The van der Waals surface area contributed by atoms with E-state index < -0.39 is 42.3 Å². The summed E-state index contributed by atoms with van der Waals surface area (Å²) in [7, 11) is 1.70. The van der Waals surface area contributed by atoms with Crippen molar-refractivity contribution < 1.29 is 37.6 Å². The maximum Gasteiger partial charge on any atom is 0.412 e. The van der Waals surface area contributed by atoms with Crippen molar-refractivity contribution in [2.45, 2.75) is 69.1 Å². The van der Waals surface area contributed by atoms with Crippen LogP contribution in [0.3, 0.4) is 0 Å². The fourth-order valence-electron chi connectivity index (χ4n) is 6.73. The molecular formula is C42H43NO8. The van der Waals surface area contributed by atoms with Crippen molar-refractivity contribution in [3.63, 3.8) is 0 Å². The highest BCUT2D eigenvalue weighted by Crippen LogP contribution is 2.47. The molecule has 0 radical (unpaired) electrons. The van der Waals surface area contributed by atoms with Gasteiger partial charge in [0.1, 0.15) is 24.1 Å². The fraction of sp³-hybridized carbons (Fsp3) is 0.310. The van der Waals surface area contributed by atoms with Crippen molar-refractivity contribution in [2.24, 2.45) is 0 Å². The van der Waals surface area contributed by atoms with Crippen LogP contribution in [0.2, 0.25) is 0 Å². The second-order valence-electron chi connectivity index (χ2n) is 12.9. The normalized spacial score (nSPS) is 24.8. The molecule has 264 valence electrons. The van der Waals surface area contributed by atoms with Gasteiger partial charge in [0, 0.05) is 13.5 Å². The lowest BCUT2D eigenvalue weighted by molar-refractivity contribution is -0.380. The predicted octanol–water partition coefficient (Wildman–Crippen LogP) is 7.86. The SMILES string of the molecule is CN1C(=O)O[C@]2(C[C@H]1c1ccco1)O[C@H](COCc1ccccc1)[C@@H](OCc1ccccc1)[C@H](OCc1ccccc1)[C@H]2OCc1ccccc1. The van der Waals surface area contributed by atoms with Gasteiger partial charge >= 0.3 is 6.09 Å². The Morgan fingerprint density at radius 3 is 1.69 bits per heavy atom. The first kappa shape index (κ1) is 34.7. The Morgan fingerprint density at radius 2 is 1.16 bits per heavy atom. The van der Waals surface area contributed by atoms with Crippen LogP contribution in [0.15, 0.2) is 144 Å². The number of rotatable bonds is 14. The van der Waals surface area contributed by atoms with Crippen molar-refractivity contribution in [1.82, 2.24) is 4.90 Å². The molecule has 9 nitrogen and oxygen atoms in total. The smallest absolute Gasteiger partial charge is 0.412 e. The minimum atomic E-state index is -1.58. The zero-order chi connectivity index (χ0) is 34.9. The standard InChI is InChI=1S/C42H43NO8/c1-43-35(36-23-14-24-46-36)25-42(51-41(43)44)40(49-29-34-21-12-5-13-22-34)39(48-28-33-19-10-4-11-20-33)38(47-27-32-17-8-3-9-18-32)37(50-42)30-45-26-31-15-6-2-7-16-31/h2-24,35,37-40H,25-30H2,1H3/t35-,37+,38+,39-,40+,42-/m0/s1. The second kappa shape index (κ2) is 16.5. The van der Waals surface area contributed by atoms with E-state index in [4.69, 9.17) is 32.8 Å². The maximum atomic E-state index is 13.8. The Hall–Kier alpha value is -4.77. The van der Waals surface area contributed by atoms with E-state index in [1.807, 2.05) is 127 Å². The van der Waals surface area contributed by atoms with Crippen molar-refractivity contribution in [2.75, 3.05) is 13.7 Å². The van der Waals surface area contributed by atoms with Crippen LogP contribution in [0.25, 0.3) is 0 Å². The van der Waals surface area contributed by atoms with Crippen LogP contribution in [0.1, 0.15) is 40.5 Å². The zero-order valence-corrected chi connectivity index (χ0v) is 28.6. The molecule has 6 atom stereocenters. The van der Waals surface area contributed by atoms with E-state index in [-0.39, 0.29) is 26.2 Å². The minimum absolute atomic E-state index is 0.144. The second-order valence-corrected chi connectivity index (χ2v) is 12.9. The van der Waals surface area contributed by atoms with Gasteiger partial charge in [-0.15, -0.1) is 0 Å². The van der Waals surface area contributed by atoms with Gasteiger partial charge in [0.25, 0.3) is 0 Å². The number of furan rings is 1. The monoisotopic (exact) mass is 689 g/mol. The number of benzene rings is 4. The molecule has 0 bridgehead atoms. The highest BCUT2D eigenvalue weighted by atomic mass is 16.8. The third-order valence-corrected chi connectivity index (χ3v) is 9.37. The summed E-state index contributed by atoms with van der Waals surface area (Å²) in [6.45, 7) is 1.29. The number of carbonyl (C=O) groups is 1. The average Bonchev–Trinajstić information content (AvgIpc) is 3.72. The van der Waals surface area contributed by atoms with E-state index >= 15 is 0 Å². The zero-order valence-electron chi connectivity index (χ0n) is 28.6. The molecule has 51 heavy (non-hydrogen) atoms. The summed E-state index contributed by atoms with van der Waals surface area (Å²) >= 11 is 0. The van der Waals surface area contributed by atoms with Crippen molar-refractivity contribution >= 4 is 6.09 Å². The first-order chi connectivity index (χ1) is 25.1. The van der Waals surface area contributed by atoms with E-state index in [2.05, 4.69) is 0 Å². The number of amides is 1. The number of nitrogens with zero attached hydrogens (tertiary/aromatic N) is 1. The molecule has 7 rings (SSSR count). The Balaban J connectivity index is 1.28. The van der Waals surface area contributed by atoms with E-state index in [1.54, 1.807) is 19.4 Å². The molecule has 2 aliphatic heterocycles. The Morgan fingerprint density at radius 1 is 0.647 bits per heavy atom. The summed E-state index contributed by atoms with van der Waals surface area (Å²) in [5, 5.41) is 0. The number of carbonyl (C=O) groups excluding carboxylic acids is 1. The van der Waals surface area contributed by atoms with Gasteiger partial charge in [-0.25, -0.2) is 4.79 Å². The molecule has 9 heteroatoms. The summed E-state index contributed by atoms with van der Waals surface area (Å²) in [5.74, 6) is -0.968. The van der Waals surface area contributed by atoms with Gasteiger partial charge in [-0.05, 0) is 34.4 Å². The first-order valence-electron chi connectivity index (χ1n) is 17.3.